The average molecular weight is 222 g/mol. The molecule has 5 heteroatoms. The van der Waals surface area contributed by atoms with Crippen LogP contribution in [0.2, 0.25) is 0 Å². The highest BCUT2D eigenvalue weighted by Crippen LogP contribution is 2.12. The Kier molecular flexibility index (Phi) is 3.60. The summed E-state index contributed by atoms with van der Waals surface area (Å²) in [6.07, 6.45) is 1.45. The maximum atomic E-state index is 11.0. The molecular weight excluding hydrogens is 208 g/mol. The van der Waals surface area contributed by atoms with Crippen molar-refractivity contribution in [1.29, 1.82) is 0 Å². The molecule has 86 valence electrons. The number of aromatic nitrogens is 1. The van der Waals surface area contributed by atoms with E-state index >= 15 is 0 Å². The number of rotatable bonds is 4. The minimum absolute atomic E-state index is 0.0620. The number of nitrogens with zero attached hydrogens (tertiary/aromatic N) is 2. The van der Waals surface area contributed by atoms with Crippen molar-refractivity contribution < 1.29 is 14.7 Å². The van der Waals surface area contributed by atoms with Crippen molar-refractivity contribution in [1.82, 2.24) is 4.98 Å². The third kappa shape index (κ3) is 2.56. The number of carbonyl (C=O) groups excluding carboxylic acids is 1. The molecule has 1 aromatic rings. The van der Waals surface area contributed by atoms with E-state index in [0.717, 1.165) is 0 Å². The van der Waals surface area contributed by atoms with Gasteiger partial charge in [0.15, 0.2) is 5.78 Å². The molecule has 1 unspecified atom stereocenters. The van der Waals surface area contributed by atoms with Crippen LogP contribution in [0.15, 0.2) is 18.3 Å². The molecule has 0 aliphatic rings. The van der Waals surface area contributed by atoms with Crippen LogP contribution in [0.5, 0.6) is 0 Å². The Morgan fingerprint density at radius 2 is 2.06 bits per heavy atom. The summed E-state index contributed by atoms with van der Waals surface area (Å²) in [7, 11) is 1.65. The van der Waals surface area contributed by atoms with Crippen LogP contribution in [0, 0.1) is 0 Å². The van der Waals surface area contributed by atoms with E-state index in [4.69, 9.17) is 5.11 Å². The molecule has 0 radical (unpaired) electrons. The van der Waals surface area contributed by atoms with Crippen LogP contribution in [-0.2, 0) is 4.79 Å². The van der Waals surface area contributed by atoms with Gasteiger partial charge in [-0.15, -0.1) is 0 Å². The minimum atomic E-state index is -0.917. The van der Waals surface area contributed by atoms with Gasteiger partial charge in [0.25, 0.3) is 0 Å². The number of Topliss-reactive ketones (excluding diaryl/α,β-unsaturated/α-hetero) is 1. The first-order valence-electron chi connectivity index (χ1n) is 4.86. The van der Waals surface area contributed by atoms with Gasteiger partial charge in [0.05, 0.1) is 0 Å². The largest absolute Gasteiger partial charge is 0.480 e. The minimum Gasteiger partial charge on any atom is -0.480 e. The van der Waals surface area contributed by atoms with E-state index in [1.165, 1.54) is 18.0 Å². The van der Waals surface area contributed by atoms with E-state index < -0.39 is 12.0 Å². The summed E-state index contributed by atoms with van der Waals surface area (Å²) in [4.78, 5) is 27.4. The normalized spacial score (nSPS) is 11.9. The zero-order valence-corrected chi connectivity index (χ0v) is 9.47. The maximum Gasteiger partial charge on any atom is 0.326 e. The quantitative estimate of drug-likeness (QED) is 0.775. The second kappa shape index (κ2) is 4.74. The highest BCUT2D eigenvalue weighted by Gasteiger charge is 2.17. The molecule has 0 aliphatic carbocycles. The fourth-order valence-electron chi connectivity index (χ4n) is 1.17. The van der Waals surface area contributed by atoms with Crippen molar-refractivity contribution in [2.75, 3.05) is 11.9 Å². The van der Waals surface area contributed by atoms with Crippen molar-refractivity contribution in [2.24, 2.45) is 0 Å². The lowest BCUT2D eigenvalue weighted by Crippen LogP contribution is -2.36. The summed E-state index contributed by atoms with van der Waals surface area (Å²) < 4.78 is 0. The summed E-state index contributed by atoms with van der Waals surface area (Å²) in [5, 5.41) is 8.83. The van der Waals surface area contributed by atoms with Crippen LogP contribution in [0.25, 0.3) is 0 Å². The molecule has 1 atom stereocenters. The molecule has 0 spiro atoms. The number of carboxylic acids is 1. The molecule has 0 saturated carbocycles. The van der Waals surface area contributed by atoms with Gasteiger partial charge in [-0.25, -0.2) is 9.78 Å². The highest BCUT2D eigenvalue weighted by atomic mass is 16.4. The van der Waals surface area contributed by atoms with Gasteiger partial charge in [0.1, 0.15) is 11.9 Å². The lowest BCUT2D eigenvalue weighted by atomic mass is 10.2. The number of hydrogen-bond acceptors (Lipinski definition) is 4. The molecule has 1 aromatic heterocycles. The van der Waals surface area contributed by atoms with Gasteiger partial charge >= 0.3 is 5.97 Å². The monoisotopic (exact) mass is 222 g/mol. The van der Waals surface area contributed by atoms with Crippen molar-refractivity contribution in [2.45, 2.75) is 19.9 Å². The fourth-order valence-corrected chi connectivity index (χ4v) is 1.17. The lowest BCUT2D eigenvalue weighted by molar-refractivity contribution is -0.138. The molecule has 1 rings (SSSR count). The van der Waals surface area contributed by atoms with Gasteiger partial charge < -0.3 is 10.0 Å². The van der Waals surface area contributed by atoms with Gasteiger partial charge in [0, 0.05) is 18.8 Å². The fraction of sp³-hybridized carbons (Fsp3) is 0.364. The first kappa shape index (κ1) is 12.2. The molecule has 5 nitrogen and oxygen atoms in total. The molecule has 0 saturated heterocycles. The maximum absolute atomic E-state index is 11.0. The van der Waals surface area contributed by atoms with Crippen LogP contribution < -0.4 is 4.90 Å². The molecular formula is C11H14N2O3. The third-order valence-electron chi connectivity index (χ3n) is 2.45. The van der Waals surface area contributed by atoms with Gasteiger partial charge in [0.2, 0.25) is 0 Å². The number of ketones is 1. The standard InChI is InChI=1S/C11H14N2O3/c1-7(11(15)16)13(3)10-5-4-9(6-12-10)8(2)14/h4-7H,1-3H3,(H,15,16). The average Bonchev–Trinajstić information content (AvgIpc) is 2.27. The van der Waals surface area contributed by atoms with Gasteiger partial charge in [-0.3, -0.25) is 4.79 Å². The number of anilines is 1. The third-order valence-corrected chi connectivity index (χ3v) is 2.45. The van der Waals surface area contributed by atoms with Gasteiger partial charge in [-0.05, 0) is 26.0 Å². The highest BCUT2D eigenvalue weighted by molar-refractivity contribution is 5.93. The molecule has 1 heterocycles. The molecule has 0 aromatic carbocycles. The first-order valence-corrected chi connectivity index (χ1v) is 4.86. The molecule has 0 amide bonds. The van der Waals surface area contributed by atoms with Crippen LogP contribution in [0.3, 0.4) is 0 Å². The number of likely N-dealkylation sites (N-methyl/N-ethyl adjacent to an activating group) is 1. The van der Waals surface area contributed by atoms with Crippen LogP contribution in [-0.4, -0.2) is 34.9 Å². The van der Waals surface area contributed by atoms with E-state index in [0.29, 0.717) is 11.4 Å². The number of hydrogen-bond donors (Lipinski definition) is 1. The Morgan fingerprint density at radius 3 is 2.44 bits per heavy atom. The number of carbonyl (C=O) groups is 2. The Morgan fingerprint density at radius 1 is 1.44 bits per heavy atom. The smallest absolute Gasteiger partial charge is 0.326 e. The Hall–Kier alpha value is -1.91. The number of pyridine rings is 1. The Balaban J connectivity index is 2.89. The molecule has 0 fully saturated rings. The number of carboxylic acid groups (broad SMARTS) is 1. The van der Waals surface area contributed by atoms with E-state index in [1.54, 1.807) is 26.1 Å². The van der Waals surface area contributed by atoms with Gasteiger partial charge in [-0.1, -0.05) is 0 Å². The zero-order valence-electron chi connectivity index (χ0n) is 9.47. The Labute approximate surface area is 93.7 Å². The summed E-state index contributed by atoms with van der Waals surface area (Å²) in [6.45, 7) is 3.03. The van der Waals surface area contributed by atoms with Crippen LogP contribution in [0.1, 0.15) is 24.2 Å². The zero-order chi connectivity index (χ0) is 12.3. The summed E-state index contributed by atoms with van der Waals surface area (Å²) in [5.74, 6) is -0.451. The molecule has 0 aliphatic heterocycles. The molecule has 0 bridgehead atoms. The van der Waals surface area contributed by atoms with E-state index in [1.807, 2.05) is 0 Å². The van der Waals surface area contributed by atoms with E-state index in [-0.39, 0.29) is 5.78 Å². The topological polar surface area (TPSA) is 70.5 Å². The summed E-state index contributed by atoms with van der Waals surface area (Å²) >= 11 is 0. The Bertz CT molecular complexity index is 400. The summed E-state index contributed by atoms with van der Waals surface area (Å²) in [5.41, 5.74) is 0.514. The molecule has 1 N–H and O–H groups in total. The van der Waals surface area contributed by atoms with Crippen molar-refractivity contribution >= 4 is 17.6 Å². The van der Waals surface area contributed by atoms with Crippen molar-refractivity contribution in [3.63, 3.8) is 0 Å². The number of aliphatic carboxylic acids is 1. The predicted molar refractivity (Wildman–Crippen MR) is 59.7 cm³/mol. The van der Waals surface area contributed by atoms with Crippen LogP contribution >= 0.6 is 0 Å². The second-order valence-electron chi connectivity index (χ2n) is 3.59. The second-order valence-corrected chi connectivity index (χ2v) is 3.59. The van der Waals surface area contributed by atoms with Crippen LogP contribution in [0.4, 0.5) is 5.82 Å². The summed E-state index contributed by atoms with van der Waals surface area (Å²) in [6, 6.07) is 2.61. The molecule has 16 heavy (non-hydrogen) atoms. The van der Waals surface area contributed by atoms with E-state index in [9.17, 15) is 9.59 Å². The SMILES string of the molecule is CC(=O)c1ccc(N(C)C(C)C(=O)O)nc1. The first-order chi connectivity index (χ1) is 7.43. The lowest BCUT2D eigenvalue weighted by Gasteiger charge is -2.22. The van der Waals surface area contributed by atoms with Crippen molar-refractivity contribution in [3.8, 4) is 0 Å². The predicted octanol–water partition coefficient (Wildman–Crippen LogP) is 1.19. The van der Waals surface area contributed by atoms with E-state index in [2.05, 4.69) is 4.98 Å². The van der Waals surface area contributed by atoms with Gasteiger partial charge in [-0.2, -0.15) is 0 Å². The van der Waals surface area contributed by atoms with Crippen molar-refractivity contribution in [3.05, 3.63) is 23.9 Å².